The van der Waals surface area contributed by atoms with E-state index >= 15 is 0 Å². The van der Waals surface area contributed by atoms with Gasteiger partial charge in [0.25, 0.3) is 5.69 Å². The van der Waals surface area contributed by atoms with E-state index in [9.17, 15) is 14.9 Å². The van der Waals surface area contributed by atoms with Crippen molar-refractivity contribution in [2.75, 3.05) is 25.5 Å². The number of esters is 1. The van der Waals surface area contributed by atoms with Gasteiger partial charge in [0.05, 0.1) is 24.0 Å². The van der Waals surface area contributed by atoms with Crippen LogP contribution >= 0.6 is 0 Å². The zero-order valence-electron chi connectivity index (χ0n) is 16.4. The van der Waals surface area contributed by atoms with E-state index in [1.165, 1.54) is 7.11 Å². The van der Waals surface area contributed by atoms with Crippen molar-refractivity contribution in [2.24, 2.45) is 11.3 Å². The van der Waals surface area contributed by atoms with Gasteiger partial charge in [-0.3, -0.25) is 19.8 Å². The number of nitrogens with one attached hydrogen (secondary N) is 1. The molecular formula is C21H27N3O4. The molecule has 1 saturated carbocycles. The van der Waals surface area contributed by atoms with Gasteiger partial charge in [0, 0.05) is 29.3 Å². The molecular weight excluding hydrogens is 358 g/mol. The van der Waals surface area contributed by atoms with Crippen molar-refractivity contribution >= 4 is 17.3 Å². The molecule has 1 aliphatic carbocycles. The second kappa shape index (κ2) is 5.92. The van der Waals surface area contributed by atoms with Gasteiger partial charge < -0.3 is 10.1 Å². The van der Waals surface area contributed by atoms with Crippen molar-refractivity contribution in [1.82, 2.24) is 4.90 Å². The highest BCUT2D eigenvalue weighted by Crippen LogP contribution is 2.65. The maximum Gasteiger partial charge on any atom is 0.310 e. The van der Waals surface area contributed by atoms with Gasteiger partial charge in [-0.1, -0.05) is 6.92 Å². The van der Waals surface area contributed by atoms with Crippen LogP contribution in [-0.4, -0.2) is 48.1 Å². The number of hydrogen-bond acceptors (Lipinski definition) is 6. The third-order valence-corrected chi connectivity index (χ3v) is 8.18. The van der Waals surface area contributed by atoms with Crippen molar-refractivity contribution < 1.29 is 14.5 Å². The maximum absolute atomic E-state index is 12.9. The third kappa shape index (κ3) is 2.05. The molecule has 0 radical (unpaired) electrons. The SMILES string of the molecule is CC[C@]12CCCN3CC[C@@]4(c5cc([N+](=O)[O-])ccc5N[C@H]4[C@@H](C(=O)OC)C1)[C@@H]32. The van der Waals surface area contributed by atoms with Gasteiger partial charge in [-0.05, 0) is 62.2 Å². The third-order valence-electron chi connectivity index (χ3n) is 8.18. The van der Waals surface area contributed by atoms with E-state index in [2.05, 4.69) is 17.1 Å². The minimum absolute atomic E-state index is 0.0536. The summed E-state index contributed by atoms with van der Waals surface area (Å²) in [6, 6.07) is 5.41. The number of nitrogens with zero attached hydrogens (tertiary/aromatic N) is 2. The highest BCUT2D eigenvalue weighted by Gasteiger charge is 2.69. The summed E-state index contributed by atoms with van der Waals surface area (Å²) in [6.45, 7) is 4.30. The van der Waals surface area contributed by atoms with Crippen LogP contribution in [0.5, 0.6) is 0 Å². The van der Waals surface area contributed by atoms with E-state index in [1.54, 1.807) is 12.1 Å². The number of methoxy groups -OCH3 is 1. The summed E-state index contributed by atoms with van der Waals surface area (Å²) in [5.74, 6) is -0.389. The van der Waals surface area contributed by atoms with E-state index in [0.29, 0.717) is 6.04 Å². The van der Waals surface area contributed by atoms with Crippen LogP contribution in [0.2, 0.25) is 0 Å². The zero-order chi connectivity index (χ0) is 19.7. The van der Waals surface area contributed by atoms with Gasteiger partial charge in [0.2, 0.25) is 0 Å². The molecule has 7 heteroatoms. The van der Waals surface area contributed by atoms with Crippen molar-refractivity contribution in [1.29, 1.82) is 0 Å². The second-order valence-corrected chi connectivity index (χ2v) is 8.99. The summed E-state index contributed by atoms with van der Waals surface area (Å²) >= 11 is 0. The normalized spacial score (nSPS) is 38.1. The van der Waals surface area contributed by atoms with Crippen LogP contribution in [0.1, 0.15) is 44.6 Å². The average Bonchev–Trinajstić information content (AvgIpc) is 3.27. The maximum atomic E-state index is 12.9. The number of nitro groups is 1. The Hall–Kier alpha value is -2.15. The molecule has 1 N–H and O–H groups in total. The fraction of sp³-hybridized carbons (Fsp3) is 0.667. The van der Waals surface area contributed by atoms with E-state index in [0.717, 1.165) is 56.4 Å². The molecule has 3 aliphatic heterocycles. The van der Waals surface area contributed by atoms with Crippen LogP contribution < -0.4 is 5.32 Å². The molecule has 0 amide bonds. The number of carbonyl (C=O) groups excluding carboxylic acids is 1. The Morgan fingerprint density at radius 1 is 1.39 bits per heavy atom. The number of fused-ring (bicyclic) bond motifs is 1. The Kier molecular flexibility index (Phi) is 3.79. The molecule has 28 heavy (non-hydrogen) atoms. The van der Waals surface area contributed by atoms with Crippen LogP contribution in [0, 0.1) is 21.4 Å². The number of piperidine rings is 1. The minimum Gasteiger partial charge on any atom is -0.469 e. The predicted octanol–water partition coefficient (Wildman–Crippen LogP) is 3.08. The predicted molar refractivity (Wildman–Crippen MR) is 104 cm³/mol. The molecule has 1 spiro atoms. The molecule has 3 heterocycles. The number of ether oxygens (including phenoxy) is 1. The van der Waals surface area contributed by atoms with E-state index < -0.39 is 0 Å². The summed E-state index contributed by atoms with van der Waals surface area (Å²) in [4.78, 5) is 26.6. The molecule has 4 aliphatic rings. The Bertz CT molecular complexity index is 858. The van der Waals surface area contributed by atoms with Crippen LogP contribution in [-0.2, 0) is 14.9 Å². The molecule has 7 nitrogen and oxygen atoms in total. The lowest BCUT2D eigenvalue weighted by atomic mass is 9.49. The standard InChI is InChI=1S/C21H27N3O4/c1-3-20-7-4-9-23-10-8-21(19(20)23)15-11-13(24(26)27)5-6-16(15)22-17(21)14(12-20)18(25)28-2/h5-6,11,14,17,19,22H,3-4,7-10,12H2,1-2H3/t14-,17-,19-,20-,21-/m0/s1. The summed E-state index contributed by atoms with van der Waals surface area (Å²) in [6.07, 6.45) is 5.02. The average molecular weight is 385 g/mol. The lowest BCUT2D eigenvalue weighted by Crippen LogP contribution is -2.67. The highest BCUT2D eigenvalue weighted by molar-refractivity contribution is 5.78. The Balaban J connectivity index is 1.74. The quantitative estimate of drug-likeness (QED) is 0.489. The molecule has 1 aromatic rings. The number of rotatable bonds is 3. The summed E-state index contributed by atoms with van der Waals surface area (Å²) in [5.41, 5.74) is 1.90. The molecule has 150 valence electrons. The summed E-state index contributed by atoms with van der Waals surface area (Å²) in [5, 5.41) is 15.1. The molecule has 2 saturated heterocycles. The van der Waals surface area contributed by atoms with Crippen LogP contribution in [0.3, 0.4) is 0 Å². The van der Waals surface area contributed by atoms with Gasteiger partial charge in [0.1, 0.15) is 0 Å². The second-order valence-electron chi connectivity index (χ2n) is 8.99. The van der Waals surface area contributed by atoms with Gasteiger partial charge in [-0.15, -0.1) is 0 Å². The first-order valence-electron chi connectivity index (χ1n) is 10.3. The molecule has 5 rings (SSSR count). The lowest BCUT2D eigenvalue weighted by Gasteiger charge is -2.59. The van der Waals surface area contributed by atoms with Crippen LogP contribution in [0.4, 0.5) is 11.4 Å². The molecule has 3 fully saturated rings. The zero-order valence-corrected chi connectivity index (χ0v) is 16.4. The van der Waals surface area contributed by atoms with Crippen molar-refractivity contribution in [3.8, 4) is 0 Å². The fourth-order valence-corrected chi connectivity index (χ4v) is 7.21. The van der Waals surface area contributed by atoms with Crippen LogP contribution in [0.25, 0.3) is 0 Å². The Labute approximate surface area is 164 Å². The van der Waals surface area contributed by atoms with Gasteiger partial charge >= 0.3 is 5.97 Å². The van der Waals surface area contributed by atoms with Gasteiger partial charge in [-0.25, -0.2) is 0 Å². The molecule has 1 aromatic carbocycles. The first-order chi connectivity index (χ1) is 13.5. The number of hydrogen-bond donors (Lipinski definition) is 1. The van der Waals surface area contributed by atoms with Crippen molar-refractivity contribution in [2.45, 2.75) is 56.5 Å². The van der Waals surface area contributed by atoms with Crippen LogP contribution in [0.15, 0.2) is 18.2 Å². The number of carbonyl (C=O) groups is 1. The number of anilines is 1. The fourth-order valence-electron chi connectivity index (χ4n) is 7.21. The highest BCUT2D eigenvalue weighted by atomic mass is 16.6. The summed E-state index contributed by atoms with van der Waals surface area (Å²) in [7, 11) is 1.47. The number of benzene rings is 1. The van der Waals surface area contributed by atoms with Gasteiger partial charge in [0.15, 0.2) is 0 Å². The van der Waals surface area contributed by atoms with E-state index in [4.69, 9.17) is 4.74 Å². The van der Waals surface area contributed by atoms with E-state index in [1.807, 2.05) is 6.07 Å². The minimum atomic E-state index is -0.314. The first-order valence-corrected chi connectivity index (χ1v) is 10.3. The number of non-ortho nitro benzene ring substituents is 1. The Morgan fingerprint density at radius 2 is 2.21 bits per heavy atom. The molecule has 5 atom stereocenters. The molecule has 0 aromatic heterocycles. The smallest absolute Gasteiger partial charge is 0.310 e. The Morgan fingerprint density at radius 3 is 2.93 bits per heavy atom. The number of nitro benzene ring substituents is 1. The lowest BCUT2D eigenvalue weighted by molar-refractivity contribution is -0.384. The van der Waals surface area contributed by atoms with Crippen molar-refractivity contribution in [3.63, 3.8) is 0 Å². The molecule has 0 unspecified atom stereocenters. The summed E-state index contributed by atoms with van der Waals surface area (Å²) < 4.78 is 5.23. The first kappa shape index (κ1) is 17.9. The topological polar surface area (TPSA) is 84.7 Å². The molecule has 0 bridgehead atoms. The van der Waals surface area contributed by atoms with E-state index in [-0.39, 0.29) is 39.4 Å². The van der Waals surface area contributed by atoms with Gasteiger partial charge in [-0.2, -0.15) is 0 Å². The van der Waals surface area contributed by atoms with Crippen molar-refractivity contribution in [3.05, 3.63) is 33.9 Å². The monoisotopic (exact) mass is 385 g/mol. The largest absolute Gasteiger partial charge is 0.469 e.